The van der Waals surface area contributed by atoms with E-state index in [1.54, 1.807) is 6.07 Å². The van der Waals surface area contributed by atoms with Crippen LogP contribution >= 0.6 is 0 Å². The molecule has 3 heteroatoms. The third-order valence-corrected chi connectivity index (χ3v) is 5.09. The van der Waals surface area contributed by atoms with Crippen LogP contribution in [0.4, 0.5) is 4.39 Å². The molecular formula is C25H35FN2. The van der Waals surface area contributed by atoms with Gasteiger partial charge in [0, 0.05) is 18.5 Å². The highest BCUT2D eigenvalue weighted by atomic mass is 19.1. The molecule has 0 aromatic heterocycles. The maximum Gasteiger partial charge on any atom is 0.131 e. The van der Waals surface area contributed by atoms with E-state index in [-0.39, 0.29) is 11.2 Å². The predicted octanol–water partition coefficient (Wildman–Crippen LogP) is 7.06. The maximum atomic E-state index is 14.5. The molecule has 1 saturated heterocycles. The van der Waals surface area contributed by atoms with E-state index in [4.69, 9.17) is 5.26 Å². The third-order valence-electron chi connectivity index (χ3n) is 5.09. The first kappa shape index (κ1) is 23.9. The Morgan fingerprint density at radius 3 is 2.14 bits per heavy atom. The molecule has 0 unspecified atom stereocenters. The van der Waals surface area contributed by atoms with Gasteiger partial charge in [0.25, 0.3) is 0 Å². The molecule has 2 aromatic carbocycles. The average molecular weight is 383 g/mol. The van der Waals surface area contributed by atoms with Crippen molar-refractivity contribution in [3.8, 4) is 17.2 Å². The van der Waals surface area contributed by atoms with Crippen molar-refractivity contribution < 1.29 is 4.39 Å². The minimum Gasteiger partial charge on any atom is -0.299 e. The van der Waals surface area contributed by atoms with Crippen LogP contribution in [0.15, 0.2) is 48.5 Å². The number of nitrogens with zero attached hydrogens (tertiary/aromatic N) is 2. The summed E-state index contributed by atoms with van der Waals surface area (Å²) in [6, 6.07) is 17.5. The van der Waals surface area contributed by atoms with Crippen molar-refractivity contribution in [3.63, 3.8) is 0 Å². The smallest absolute Gasteiger partial charge is 0.131 e. The van der Waals surface area contributed by atoms with E-state index >= 15 is 0 Å². The second-order valence-corrected chi connectivity index (χ2v) is 7.10. The van der Waals surface area contributed by atoms with Gasteiger partial charge in [-0.15, -0.1) is 0 Å². The summed E-state index contributed by atoms with van der Waals surface area (Å²) in [6.07, 6.45) is 2.69. The van der Waals surface area contributed by atoms with Crippen LogP contribution in [0.25, 0.3) is 11.1 Å². The molecule has 3 rings (SSSR count). The van der Waals surface area contributed by atoms with Crippen LogP contribution in [-0.2, 0) is 6.54 Å². The largest absolute Gasteiger partial charge is 0.299 e. The highest BCUT2D eigenvalue weighted by molar-refractivity contribution is 5.64. The van der Waals surface area contributed by atoms with Gasteiger partial charge in [0.15, 0.2) is 0 Å². The number of nitriles is 1. The zero-order chi connectivity index (χ0) is 21.0. The van der Waals surface area contributed by atoms with Crippen molar-refractivity contribution in [2.24, 2.45) is 5.41 Å². The lowest BCUT2D eigenvalue weighted by molar-refractivity contribution is 0.116. The van der Waals surface area contributed by atoms with Crippen molar-refractivity contribution >= 4 is 0 Å². The number of piperidine rings is 1. The second-order valence-electron chi connectivity index (χ2n) is 7.10. The molecule has 1 aliphatic heterocycles. The molecule has 0 saturated carbocycles. The molecule has 0 spiro atoms. The third kappa shape index (κ3) is 6.77. The summed E-state index contributed by atoms with van der Waals surface area (Å²) in [4.78, 5) is 2.36. The fourth-order valence-electron chi connectivity index (χ4n) is 3.39. The van der Waals surface area contributed by atoms with Crippen molar-refractivity contribution in [3.05, 3.63) is 59.9 Å². The molecule has 0 atom stereocenters. The van der Waals surface area contributed by atoms with Crippen LogP contribution in [0.3, 0.4) is 0 Å². The molecule has 0 radical (unpaired) electrons. The molecule has 28 heavy (non-hydrogen) atoms. The van der Waals surface area contributed by atoms with Gasteiger partial charge in [-0.1, -0.05) is 77.1 Å². The van der Waals surface area contributed by atoms with Gasteiger partial charge in [-0.05, 0) is 48.5 Å². The molecule has 0 aliphatic carbocycles. The predicted molar refractivity (Wildman–Crippen MR) is 117 cm³/mol. The molecule has 2 aromatic rings. The molecule has 152 valence electrons. The topological polar surface area (TPSA) is 27.0 Å². The first-order valence-corrected chi connectivity index (χ1v) is 10.5. The van der Waals surface area contributed by atoms with Crippen molar-refractivity contribution in [1.29, 1.82) is 5.26 Å². The van der Waals surface area contributed by atoms with E-state index < -0.39 is 0 Å². The number of rotatable bonds is 4. The van der Waals surface area contributed by atoms with Crippen molar-refractivity contribution in [2.75, 3.05) is 13.1 Å². The highest BCUT2D eigenvalue weighted by Gasteiger charge is 2.29. The Morgan fingerprint density at radius 1 is 1.00 bits per heavy atom. The normalized spacial score (nSPS) is 15.3. The van der Waals surface area contributed by atoms with E-state index in [2.05, 4.69) is 17.9 Å². The summed E-state index contributed by atoms with van der Waals surface area (Å²) >= 11 is 0. The lowest BCUT2D eigenvalue weighted by Gasteiger charge is -2.38. The summed E-state index contributed by atoms with van der Waals surface area (Å²) in [5.74, 6) is -0.162. The number of likely N-dealkylation sites (tertiary alicyclic amines) is 1. The minimum atomic E-state index is -0.162. The molecule has 1 aliphatic rings. The lowest BCUT2D eigenvalue weighted by atomic mass is 9.78. The number of benzene rings is 2. The molecule has 0 bridgehead atoms. The minimum absolute atomic E-state index is 0.146. The fourth-order valence-corrected chi connectivity index (χ4v) is 3.39. The Kier molecular flexibility index (Phi) is 10.5. The van der Waals surface area contributed by atoms with E-state index in [1.165, 1.54) is 0 Å². The van der Waals surface area contributed by atoms with Gasteiger partial charge >= 0.3 is 0 Å². The average Bonchev–Trinajstić information content (AvgIpc) is 2.74. The number of hydrogen-bond acceptors (Lipinski definition) is 2. The van der Waals surface area contributed by atoms with E-state index in [0.717, 1.165) is 43.6 Å². The van der Waals surface area contributed by atoms with Crippen LogP contribution < -0.4 is 0 Å². The number of hydrogen-bond donors (Lipinski definition) is 0. The van der Waals surface area contributed by atoms with E-state index in [1.807, 2.05) is 70.2 Å². The molecular weight excluding hydrogens is 347 g/mol. The first-order chi connectivity index (χ1) is 13.6. The molecule has 2 nitrogen and oxygen atoms in total. The monoisotopic (exact) mass is 382 g/mol. The van der Waals surface area contributed by atoms with Gasteiger partial charge < -0.3 is 0 Å². The fraction of sp³-hybridized carbons (Fsp3) is 0.480. The summed E-state index contributed by atoms with van der Waals surface area (Å²) in [7, 11) is 0. The van der Waals surface area contributed by atoms with Crippen LogP contribution in [0.1, 0.15) is 59.4 Å². The van der Waals surface area contributed by atoms with Crippen LogP contribution in [0.2, 0.25) is 0 Å². The Morgan fingerprint density at radius 2 is 1.61 bits per heavy atom. The highest BCUT2D eigenvalue weighted by Crippen LogP contribution is 2.34. The summed E-state index contributed by atoms with van der Waals surface area (Å²) in [6.45, 7) is 12.9. The zero-order valence-corrected chi connectivity index (χ0v) is 18.1. The zero-order valence-electron chi connectivity index (χ0n) is 18.1. The van der Waals surface area contributed by atoms with Gasteiger partial charge in [0.2, 0.25) is 0 Å². The molecule has 0 N–H and O–H groups in total. The molecule has 1 heterocycles. The second kappa shape index (κ2) is 12.3. The number of halogens is 1. The Bertz CT molecular complexity index is 726. The summed E-state index contributed by atoms with van der Waals surface area (Å²) in [5, 5.41) is 8.93. The Balaban J connectivity index is 0.000000921. The van der Waals surface area contributed by atoms with E-state index in [9.17, 15) is 4.39 Å². The Hall–Kier alpha value is -2.18. The van der Waals surface area contributed by atoms with Crippen LogP contribution in [0, 0.1) is 22.6 Å². The van der Waals surface area contributed by atoms with Gasteiger partial charge in [0.05, 0.1) is 6.07 Å². The Labute approximate surface area is 171 Å². The maximum absolute atomic E-state index is 14.5. The van der Waals surface area contributed by atoms with Gasteiger partial charge in [-0.2, -0.15) is 5.26 Å². The SMILES string of the molecule is CC.CC.CC1(CC#N)CCN(Cc2ccc(-c3ccccc3)c(F)c2)CC1. The summed E-state index contributed by atoms with van der Waals surface area (Å²) < 4.78 is 14.5. The van der Waals surface area contributed by atoms with Gasteiger partial charge in [-0.25, -0.2) is 4.39 Å². The lowest BCUT2D eigenvalue weighted by Crippen LogP contribution is -2.38. The summed E-state index contributed by atoms with van der Waals surface area (Å²) in [5.41, 5.74) is 2.72. The van der Waals surface area contributed by atoms with Crippen molar-refractivity contribution in [1.82, 2.24) is 4.90 Å². The molecule has 1 fully saturated rings. The van der Waals surface area contributed by atoms with E-state index in [0.29, 0.717) is 12.0 Å². The van der Waals surface area contributed by atoms with Gasteiger partial charge in [-0.3, -0.25) is 4.90 Å². The van der Waals surface area contributed by atoms with Crippen molar-refractivity contribution in [2.45, 2.75) is 60.4 Å². The molecule has 0 amide bonds. The van der Waals surface area contributed by atoms with Crippen LogP contribution in [-0.4, -0.2) is 18.0 Å². The van der Waals surface area contributed by atoms with Crippen LogP contribution in [0.5, 0.6) is 0 Å². The quantitative estimate of drug-likeness (QED) is 0.566. The first-order valence-electron chi connectivity index (χ1n) is 10.5. The standard InChI is InChI=1S/C21H23FN2.2C2H6/c1-21(9-12-23)10-13-24(14-11-21)16-17-7-8-19(20(22)15-17)18-5-3-2-4-6-18;2*1-2/h2-8,15H,9-11,13-14,16H2,1H3;2*1-2H3. The van der Waals surface area contributed by atoms with Gasteiger partial charge in [0.1, 0.15) is 5.82 Å².